The van der Waals surface area contributed by atoms with Gasteiger partial charge in [0.1, 0.15) is 5.82 Å². The Morgan fingerprint density at radius 1 is 1.12 bits per heavy atom. The summed E-state index contributed by atoms with van der Waals surface area (Å²) >= 11 is 0. The van der Waals surface area contributed by atoms with Crippen LogP contribution in [0.25, 0.3) is 22.5 Å². The third-order valence-corrected chi connectivity index (χ3v) is 5.55. The van der Waals surface area contributed by atoms with Gasteiger partial charge in [-0.25, -0.2) is 9.89 Å². The van der Waals surface area contributed by atoms with Crippen LogP contribution in [0.3, 0.4) is 0 Å². The standard InChI is InChI=1S/C25H25N7O2/c1-3-5-11-22-28-32(23(33)12-6-4-2)25(34)31(22)17-18-13-15-19(16-14-18)20-9-7-8-10-21(20)24-26-29-30-27-24/h1,7-10,13-16H,4-6,11-12,17H2,2H3,(H,26,27,29,30). The zero-order chi connectivity index (χ0) is 23.9. The summed E-state index contributed by atoms with van der Waals surface area (Å²) in [6.07, 6.45) is 8.15. The molecule has 34 heavy (non-hydrogen) atoms. The van der Waals surface area contributed by atoms with Crippen molar-refractivity contribution in [2.24, 2.45) is 0 Å². The number of nitrogens with zero attached hydrogens (tertiary/aromatic N) is 6. The second-order valence-electron chi connectivity index (χ2n) is 7.89. The molecule has 4 aromatic rings. The van der Waals surface area contributed by atoms with Crippen LogP contribution < -0.4 is 5.69 Å². The SMILES string of the molecule is C#CCCc1nn(C(=O)CCCC)c(=O)n1Cc1ccc(-c2ccccc2-c2nnn[nH]2)cc1. The van der Waals surface area contributed by atoms with E-state index in [1.807, 2.05) is 55.5 Å². The van der Waals surface area contributed by atoms with Gasteiger partial charge in [-0.3, -0.25) is 9.36 Å². The van der Waals surface area contributed by atoms with Crippen LogP contribution in [0.4, 0.5) is 0 Å². The predicted octanol–water partition coefficient (Wildman–Crippen LogP) is 3.34. The average molecular weight is 456 g/mol. The van der Waals surface area contributed by atoms with Gasteiger partial charge in [-0.1, -0.05) is 61.9 Å². The first-order valence-corrected chi connectivity index (χ1v) is 11.2. The highest BCUT2D eigenvalue weighted by molar-refractivity contribution is 5.80. The van der Waals surface area contributed by atoms with Crippen LogP contribution in [0.1, 0.15) is 48.8 Å². The van der Waals surface area contributed by atoms with E-state index in [4.69, 9.17) is 6.42 Å². The summed E-state index contributed by atoms with van der Waals surface area (Å²) in [5.74, 6) is 3.39. The van der Waals surface area contributed by atoms with Gasteiger partial charge < -0.3 is 0 Å². The maximum absolute atomic E-state index is 13.0. The normalized spacial score (nSPS) is 10.8. The largest absolute Gasteiger partial charge is 0.353 e. The van der Waals surface area contributed by atoms with Crippen LogP contribution in [-0.4, -0.2) is 40.9 Å². The van der Waals surface area contributed by atoms with Crippen LogP contribution in [0.5, 0.6) is 0 Å². The molecule has 2 heterocycles. The van der Waals surface area contributed by atoms with Gasteiger partial charge in [-0.05, 0) is 33.5 Å². The lowest BCUT2D eigenvalue weighted by Gasteiger charge is -2.09. The summed E-state index contributed by atoms with van der Waals surface area (Å²) in [4.78, 5) is 25.5. The summed E-state index contributed by atoms with van der Waals surface area (Å²) in [5.41, 5.74) is 3.34. The smallest absolute Gasteiger partial charge is 0.274 e. The zero-order valence-electron chi connectivity index (χ0n) is 18.9. The molecule has 0 spiro atoms. The number of carbonyl (C=O) groups excluding carboxylic acids is 1. The number of aromatic amines is 1. The molecule has 4 rings (SSSR count). The van der Waals surface area contributed by atoms with Crippen LogP contribution in [-0.2, 0) is 13.0 Å². The van der Waals surface area contributed by atoms with Crippen molar-refractivity contribution in [1.82, 2.24) is 35.0 Å². The molecule has 0 aliphatic carbocycles. The lowest BCUT2D eigenvalue weighted by atomic mass is 9.98. The molecule has 172 valence electrons. The number of rotatable bonds is 9. The summed E-state index contributed by atoms with van der Waals surface area (Å²) in [6.45, 7) is 2.30. The van der Waals surface area contributed by atoms with Gasteiger partial charge >= 0.3 is 5.69 Å². The van der Waals surface area contributed by atoms with E-state index in [1.165, 1.54) is 4.57 Å². The van der Waals surface area contributed by atoms with Crippen molar-refractivity contribution in [2.45, 2.75) is 45.6 Å². The Balaban J connectivity index is 1.62. The Morgan fingerprint density at radius 3 is 2.56 bits per heavy atom. The molecular formula is C25H25N7O2. The van der Waals surface area contributed by atoms with Crippen molar-refractivity contribution in [3.63, 3.8) is 0 Å². The molecule has 0 aliphatic heterocycles. The predicted molar refractivity (Wildman–Crippen MR) is 128 cm³/mol. The Morgan fingerprint density at radius 2 is 1.88 bits per heavy atom. The fourth-order valence-corrected chi connectivity index (χ4v) is 3.75. The molecule has 9 nitrogen and oxygen atoms in total. The molecule has 2 aromatic heterocycles. The van der Waals surface area contributed by atoms with E-state index in [9.17, 15) is 9.59 Å². The first-order chi connectivity index (χ1) is 16.6. The van der Waals surface area contributed by atoms with Gasteiger partial charge in [0.2, 0.25) is 0 Å². The number of aryl methyl sites for hydroxylation is 1. The van der Waals surface area contributed by atoms with Crippen LogP contribution >= 0.6 is 0 Å². The summed E-state index contributed by atoms with van der Waals surface area (Å²) in [5, 5.41) is 18.5. The molecule has 1 N–H and O–H groups in total. The van der Waals surface area contributed by atoms with Crippen LogP contribution in [0, 0.1) is 12.3 Å². The molecule has 0 fully saturated rings. The highest BCUT2D eigenvalue weighted by atomic mass is 16.2. The second kappa shape index (κ2) is 10.5. The number of aromatic nitrogens is 7. The number of unbranched alkanes of at least 4 members (excludes halogenated alkanes) is 1. The maximum Gasteiger partial charge on any atom is 0.353 e. The van der Waals surface area contributed by atoms with E-state index in [0.29, 0.717) is 37.5 Å². The number of terminal acetylenes is 1. The lowest BCUT2D eigenvalue weighted by Crippen LogP contribution is -2.30. The van der Waals surface area contributed by atoms with Crippen molar-refractivity contribution < 1.29 is 4.79 Å². The lowest BCUT2D eigenvalue weighted by molar-refractivity contribution is 0.0878. The van der Waals surface area contributed by atoms with E-state index in [2.05, 4.69) is 31.6 Å². The fraction of sp³-hybridized carbons (Fsp3) is 0.280. The van der Waals surface area contributed by atoms with Crippen molar-refractivity contribution in [1.29, 1.82) is 0 Å². The zero-order valence-corrected chi connectivity index (χ0v) is 18.9. The van der Waals surface area contributed by atoms with E-state index in [1.54, 1.807) is 0 Å². The van der Waals surface area contributed by atoms with Crippen molar-refractivity contribution >= 4 is 5.91 Å². The quantitative estimate of drug-likeness (QED) is 0.388. The number of benzene rings is 2. The number of hydrogen-bond acceptors (Lipinski definition) is 6. The number of carbonyl (C=O) groups is 1. The van der Waals surface area contributed by atoms with E-state index >= 15 is 0 Å². The third kappa shape index (κ3) is 4.86. The number of hydrogen-bond donors (Lipinski definition) is 1. The molecule has 0 saturated carbocycles. The van der Waals surface area contributed by atoms with Gasteiger partial charge in [-0.2, -0.15) is 0 Å². The molecule has 0 atom stereocenters. The number of nitrogens with one attached hydrogen (secondary N) is 1. The highest BCUT2D eigenvalue weighted by Crippen LogP contribution is 2.29. The molecule has 2 aromatic carbocycles. The number of H-pyrrole nitrogens is 1. The molecule has 0 aliphatic rings. The van der Waals surface area contributed by atoms with Gasteiger partial charge in [0.15, 0.2) is 5.82 Å². The first kappa shape index (κ1) is 22.9. The molecule has 0 radical (unpaired) electrons. The monoisotopic (exact) mass is 455 g/mol. The Hall–Kier alpha value is -4.32. The van der Waals surface area contributed by atoms with Crippen molar-refractivity contribution in [3.05, 3.63) is 70.4 Å². The van der Waals surface area contributed by atoms with Crippen molar-refractivity contribution in [2.75, 3.05) is 0 Å². The van der Waals surface area contributed by atoms with Gasteiger partial charge in [0.25, 0.3) is 5.91 Å². The van der Waals surface area contributed by atoms with Gasteiger partial charge in [0, 0.05) is 24.8 Å². The first-order valence-electron chi connectivity index (χ1n) is 11.2. The Labute approximate surface area is 196 Å². The molecule has 0 amide bonds. The van der Waals surface area contributed by atoms with Gasteiger partial charge in [-0.15, -0.1) is 27.2 Å². The maximum atomic E-state index is 13.0. The summed E-state index contributed by atoms with van der Waals surface area (Å²) < 4.78 is 2.52. The number of tetrazole rings is 1. The second-order valence-corrected chi connectivity index (χ2v) is 7.89. The molecule has 9 heteroatoms. The third-order valence-electron chi connectivity index (χ3n) is 5.55. The minimum Gasteiger partial charge on any atom is -0.274 e. The van der Waals surface area contributed by atoms with Crippen LogP contribution in [0.15, 0.2) is 53.3 Å². The van der Waals surface area contributed by atoms with Crippen LogP contribution in [0.2, 0.25) is 0 Å². The average Bonchev–Trinajstić information content (AvgIpc) is 3.51. The minimum atomic E-state index is -0.430. The highest BCUT2D eigenvalue weighted by Gasteiger charge is 2.18. The molecule has 0 saturated heterocycles. The van der Waals surface area contributed by atoms with E-state index < -0.39 is 5.69 Å². The molecule has 0 unspecified atom stereocenters. The molecular weight excluding hydrogens is 430 g/mol. The topological polar surface area (TPSA) is 111 Å². The Bertz CT molecular complexity index is 1360. The fourth-order valence-electron chi connectivity index (χ4n) is 3.75. The summed E-state index contributed by atoms with van der Waals surface area (Å²) in [6, 6.07) is 15.7. The summed E-state index contributed by atoms with van der Waals surface area (Å²) in [7, 11) is 0. The van der Waals surface area contributed by atoms with Crippen molar-refractivity contribution in [3.8, 4) is 34.9 Å². The Kier molecular flexibility index (Phi) is 7.08. The molecule has 0 bridgehead atoms. The minimum absolute atomic E-state index is 0.289. The van der Waals surface area contributed by atoms with E-state index in [0.717, 1.165) is 33.4 Å². The van der Waals surface area contributed by atoms with Gasteiger partial charge in [0.05, 0.1) is 6.54 Å². The van der Waals surface area contributed by atoms with E-state index in [-0.39, 0.29) is 12.3 Å².